The highest BCUT2D eigenvalue weighted by Gasteiger charge is 2.59. The third kappa shape index (κ3) is 13.3. The number of methoxy groups -OCH3 is 1. The van der Waals surface area contributed by atoms with Gasteiger partial charge < -0.3 is 87.4 Å². The summed E-state index contributed by atoms with van der Waals surface area (Å²) in [4.78, 5) is 116. The highest BCUT2D eigenvalue weighted by atomic mass is 16.7. The van der Waals surface area contributed by atoms with Crippen LogP contribution >= 0.6 is 0 Å². The van der Waals surface area contributed by atoms with Crippen LogP contribution in [-0.4, -0.2) is 205 Å². The molecule has 4 aliphatic heterocycles. The van der Waals surface area contributed by atoms with Crippen LogP contribution in [0.1, 0.15) is 52.3 Å². The lowest BCUT2D eigenvalue weighted by Crippen LogP contribution is -2.66. The average Bonchev–Trinajstić information content (AvgIpc) is 3.93. The first-order chi connectivity index (χ1) is 35.6. The Kier molecular flexibility index (Phi) is 19.5. The van der Waals surface area contributed by atoms with Crippen LogP contribution in [0, 0.1) is 11.8 Å². The number of guanidine groups is 1. The van der Waals surface area contributed by atoms with Crippen LogP contribution in [0.3, 0.4) is 0 Å². The van der Waals surface area contributed by atoms with Crippen LogP contribution in [0.15, 0.2) is 57.2 Å². The van der Waals surface area contributed by atoms with Crippen molar-refractivity contribution >= 4 is 41.7 Å². The fraction of sp³-hybridized carbons (Fsp3) is 0.630. The summed E-state index contributed by atoms with van der Waals surface area (Å²) in [6, 6.07) is 0.434. The quantitative estimate of drug-likeness (QED) is 0.0366. The van der Waals surface area contributed by atoms with E-state index in [0.29, 0.717) is 5.56 Å². The summed E-state index contributed by atoms with van der Waals surface area (Å²) in [6.07, 6.45) is -14.7. The Hall–Kier alpha value is -6.57. The molecule has 3 fully saturated rings. The number of imide groups is 1. The molecule has 0 radical (unpaired) electrons. The van der Waals surface area contributed by atoms with Crippen molar-refractivity contribution in [2.75, 3.05) is 33.3 Å². The van der Waals surface area contributed by atoms with Gasteiger partial charge in [-0.25, -0.2) is 19.2 Å². The van der Waals surface area contributed by atoms with E-state index in [9.17, 15) is 63.9 Å². The number of aromatic amines is 1. The maximum Gasteiger partial charge on any atom is 0.330 e. The summed E-state index contributed by atoms with van der Waals surface area (Å²) in [6.45, 7) is 5.39. The Bertz CT molecular complexity index is 2500. The van der Waals surface area contributed by atoms with Gasteiger partial charge in [0.2, 0.25) is 11.8 Å². The summed E-state index contributed by atoms with van der Waals surface area (Å²) in [5.41, 5.74) is 10.5. The Morgan fingerprint density at radius 1 is 0.920 bits per heavy atom. The maximum absolute atomic E-state index is 14.8. The van der Waals surface area contributed by atoms with E-state index in [2.05, 4.69) is 31.6 Å². The molecule has 7 amide bonds. The van der Waals surface area contributed by atoms with E-state index in [0.717, 1.165) is 26.6 Å². The SMILES string of the molecule is CO[C@H]1C(OC(C2C(=O)N(Cc3ccccc3)C(=O)N2CCCNC(=O)C(NC(=O)C(NC(=O)NC(C(=O)O)C(C)C)C2CCN=C(N)N2)C(O)C(C)C)[C@H]2O[C@@H](n3ccc(=O)[nH]c3=O)[C@H](O)[C@@H]2O)O[C@H](CN)[C@H]1O. The normalized spacial score (nSPS) is 27.8. The highest BCUT2D eigenvalue weighted by molar-refractivity contribution is 6.04. The van der Waals surface area contributed by atoms with Crippen LogP contribution in [0.2, 0.25) is 0 Å². The number of nitrogens with one attached hydrogen (secondary N) is 6. The molecular formula is C46H68N12O17. The molecule has 1 aromatic heterocycles. The van der Waals surface area contributed by atoms with Gasteiger partial charge in [-0.3, -0.25) is 38.6 Å². The second kappa shape index (κ2) is 25.3. The third-order valence-corrected chi connectivity index (χ3v) is 13.4. The van der Waals surface area contributed by atoms with Gasteiger partial charge in [-0.1, -0.05) is 58.0 Å². The molecule has 75 heavy (non-hydrogen) atoms. The van der Waals surface area contributed by atoms with Crippen molar-refractivity contribution in [3.05, 3.63) is 69.0 Å². The van der Waals surface area contributed by atoms with Gasteiger partial charge in [-0.15, -0.1) is 0 Å². The first-order valence-corrected chi connectivity index (χ1v) is 24.4. The molecule has 0 bridgehead atoms. The molecule has 6 rings (SSSR count). The number of carbonyl (C=O) groups excluding carboxylic acids is 5. The second-order valence-electron chi connectivity index (χ2n) is 19.2. The zero-order chi connectivity index (χ0) is 55.0. The van der Waals surface area contributed by atoms with Crippen molar-refractivity contribution in [1.29, 1.82) is 0 Å². The number of carboxylic acids is 1. The van der Waals surface area contributed by atoms with Crippen LogP contribution < -0.4 is 49.3 Å². The number of aliphatic carboxylic acids is 1. The van der Waals surface area contributed by atoms with Crippen molar-refractivity contribution < 1.29 is 73.2 Å². The van der Waals surface area contributed by atoms with E-state index in [1.165, 1.54) is 7.11 Å². The Morgan fingerprint density at radius 2 is 1.63 bits per heavy atom. The van der Waals surface area contributed by atoms with Crippen molar-refractivity contribution in [2.45, 2.75) is 139 Å². The summed E-state index contributed by atoms with van der Waals surface area (Å²) >= 11 is 0. The predicted octanol–water partition coefficient (Wildman–Crippen LogP) is -5.10. The average molecular weight is 1060 g/mol. The molecule has 1 aromatic carbocycles. The molecule has 0 spiro atoms. The minimum Gasteiger partial charge on any atom is -0.480 e. The first kappa shape index (κ1) is 57.7. The molecule has 2 aromatic rings. The van der Waals surface area contributed by atoms with Crippen molar-refractivity contribution in [1.82, 2.24) is 45.9 Å². The Labute approximate surface area is 429 Å². The number of nitrogens with two attached hydrogens (primary N) is 2. The van der Waals surface area contributed by atoms with Crippen molar-refractivity contribution in [2.24, 2.45) is 28.3 Å². The number of H-pyrrole nitrogens is 1. The van der Waals surface area contributed by atoms with E-state index >= 15 is 0 Å². The number of carbonyl (C=O) groups is 6. The number of amides is 7. The molecule has 15 N–H and O–H groups in total. The number of benzene rings is 1. The highest BCUT2D eigenvalue weighted by Crippen LogP contribution is 2.38. The van der Waals surface area contributed by atoms with Crippen LogP contribution in [0.25, 0.3) is 0 Å². The van der Waals surface area contributed by atoms with Gasteiger partial charge in [0, 0.05) is 45.6 Å². The lowest BCUT2D eigenvalue weighted by molar-refractivity contribution is -0.233. The summed E-state index contributed by atoms with van der Waals surface area (Å²) in [5, 5.41) is 67.9. The molecule has 4 aliphatic rings. The van der Waals surface area contributed by atoms with Gasteiger partial charge in [-0.2, -0.15) is 0 Å². The van der Waals surface area contributed by atoms with E-state index in [4.69, 9.17) is 30.4 Å². The number of carboxylic acid groups (broad SMARTS) is 1. The largest absolute Gasteiger partial charge is 0.480 e. The summed E-state index contributed by atoms with van der Waals surface area (Å²) < 4.78 is 24.8. The summed E-state index contributed by atoms with van der Waals surface area (Å²) in [5.74, 6) is -5.28. The molecule has 0 aliphatic carbocycles. The van der Waals surface area contributed by atoms with Gasteiger partial charge in [0.15, 0.2) is 18.5 Å². The number of aliphatic hydroxyl groups is 4. The smallest absolute Gasteiger partial charge is 0.330 e. The molecule has 8 unspecified atom stereocenters. The molecule has 29 heteroatoms. The summed E-state index contributed by atoms with van der Waals surface area (Å²) in [7, 11) is 1.24. The molecular weight excluding hydrogens is 993 g/mol. The Balaban J connectivity index is 1.27. The molecule has 29 nitrogen and oxygen atoms in total. The lowest BCUT2D eigenvalue weighted by Gasteiger charge is -2.36. The van der Waals surface area contributed by atoms with Crippen LogP contribution in [0.5, 0.6) is 0 Å². The molecule has 5 heterocycles. The maximum atomic E-state index is 14.8. The minimum atomic E-state index is -1.95. The molecule has 0 saturated carbocycles. The number of hydrogen-bond acceptors (Lipinski definition) is 20. The predicted molar refractivity (Wildman–Crippen MR) is 260 cm³/mol. The number of aromatic nitrogens is 2. The van der Waals surface area contributed by atoms with Crippen LogP contribution in [0.4, 0.5) is 9.59 Å². The minimum absolute atomic E-state index is 0.0451. The third-order valence-electron chi connectivity index (χ3n) is 13.4. The van der Waals surface area contributed by atoms with Gasteiger partial charge in [-0.05, 0) is 30.2 Å². The van der Waals surface area contributed by atoms with Crippen molar-refractivity contribution in [3.8, 4) is 0 Å². The van der Waals surface area contributed by atoms with E-state index in [1.807, 2.05) is 4.98 Å². The lowest BCUT2D eigenvalue weighted by atomic mass is 9.97. The van der Waals surface area contributed by atoms with E-state index in [1.54, 1.807) is 58.0 Å². The zero-order valence-corrected chi connectivity index (χ0v) is 41.9. The van der Waals surface area contributed by atoms with Crippen molar-refractivity contribution in [3.63, 3.8) is 0 Å². The van der Waals surface area contributed by atoms with E-state index < -0.39 is 150 Å². The zero-order valence-electron chi connectivity index (χ0n) is 41.9. The standard InChI is InChI=1S/C46H68N12O17/c1-20(2)26(41(67)68)54-44(69)55-27(23-12-15-50-43(48)51-23)38(65)53-28(30(60)21(3)4)37(64)49-14-9-16-56-29(39(66)58(46(56)71)19-22-10-7-6-8-11-22)34(75-42-36(72-5)31(61)24(18-47)73-42)35-32(62)33(63)40(74-35)57-17-13-25(59)52-45(57)70/h6-8,10-11,13,17,20-21,23-24,26-36,40,42,60-63H,9,12,14-16,18-19,47H2,1-5H3,(H,49,64)(H,53,65)(H,67,68)(H3,48,50,51)(H,52,59,70)(H2,54,55,69)/t23?,24-,26?,27?,28?,29?,30?,31-,32+,33-,34?,35+,36-,40-,42?/m1/s1. The Morgan fingerprint density at radius 3 is 2.24 bits per heavy atom. The number of hydrogen-bond donors (Lipinski definition) is 13. The number of aliphatic hydroxyl groups excluding tert-OH is 4. The second-order valence-corrected chi connectivity index (χ2v) is 19.2. The number of nitrogens with zero attached hydrogens (tertiary/aromatic N) is 4. The molecule has 414 valence electrons. The molecule has 3 saturated heterocycles. The number of ether oxygens (including phenoxy) is 4. The number of aliphatic imine (C=N–C) groups is 1. The number of urea groups is 2. The van der Waals surface area contributed by atoms with Gasteiger partial charge in [0.1, 0.15) is 66.9 Å². The first-order valence-electron chi connectivity index (χ1n) is 24.4. The topological polar surface area (TPSA) is 426 Å². The van der Waals surface area contributed by atoms with E-state index in [-0.39, 0.29) is 51.5 Å². The molecule has 15 atom stereocenters. The monoisotopic (exact) mass is 1060 g/mol. The fourth-order valence-electron chi connectivity index (χ4n) is 9.26. The fourth-order valence-corrected chi connectivity index (χ4v) is 9.26. The van der Waals surface area contributed by atoms with Gasteiger partial charge in [0.25, 0.3) is 11.5 Å². The van der Waals surface area contributed by atoms with Crippen LogP contribution in [-0.2, 0) is 44.7 Å². The van der Waals surface area contributed by atoms with Gasteiger partial charge >= 0.3 is 23.7 Å². The number of rotatable bonds is 23. The van der Waals surface area contributed by atoms with Gasteiger partial charge in [0.05, 0.1) is 18.7 Å².